The summed E-state index contributed by atoms with van der Waals surface area (Å²) < 4.78 is 10.5. The van der Waals surface area contributed by atoms with Gasteiger partial charge in [-0.25, -0.2) is 0 Å². The normalized spacial score (nSPS) is 10.4. The second-order valence-electron chi connectivity index (χ2n) is 3.24. The zero-order valence-corrected chi connectivity index (χ0v) is 11.1. The van der Waals surface area contributed by atoms with Gasteiger partial charge in [0.2, 0.25) is 11.2 Å². The van der Waals surface area contributed by atoms with Crippen molar-refractivity contribution >= 4 is 17.5 Å². The highest BCUT2D eigenvalue weighted by atomic mass is 35.5. The van der Waals surface area contributed by atoms with E-state index in [4.69, 9.17) is 21.1 Å². The molecule has 0 saturated carbocycles. The van der Waals surface area contributed by atoms with E-state index in [1.54, 1.807) is 0 Å². The topological polar surface area (TPSA) is 60.4 Å². The largest absolute Gasteiger partial charge is 0.464 e. The highest BCUT2D eigenvalue weighted by molar-refractivity contribution is 6.28. The Labute approximate surface area is 106 Å². The number of rotatable bonds is 7. The molecule has 0 atom stereocenters. The van der Waals surface area contributed by atoms with Crippen molar-refractivity contribution in [3.63, 3.8) is 0 Å². The van der Waals surface area contributed by atoms with E-state index in [0.29, 0.717) is 32.3 Å². The van der Waals surface area contributed by atoms with Crippen LogP contribution in [0.5, 0.6) is 6.01 Å². The summed E-state index contributed by atoms with van der Waals surface area (Å²) in [5.41, 5.74) is 0. The Balaban J connectivity index is 2.67. The minimum absolute atomic E-state index is 0.127. The minimum Gasteiger partial charge on any atom is -0.464 e. The van der Waals surface area contributed by atoms with E-state index in [1.807, 2.05) is 25.8 Å². The molecule has 0 radical (unpaired) electrons. The van der Waals surface area contributed by atoms with Crippen molar-refractivity contribution in [3.8, 4) is 6.01 Å². The number of anilines is 1. The average Bonchev–Trinajstić information content (AvgIpc) is 2.29. The molecule has 0 spiro atoms. The van der Waals surface area contributed by atoms with Gasteiger partial charge in [-0.1, -0.05) is 0 Å². The van der Waals surface area contributed by atoms with Gasteiger partial charge in [-0.2, -0.15) is 15.0 Å². The van der Waals surface area contributed by atoms with E-state index in [0.717, 1.165) is 0 Å². The van der Waals surface area contributed by atoms with Crippen molar-refractivity contribution in [2.24, 2.45) is 0 Å². The van der Waals surface area contributed by atoms with Crippen LogP contribution in [0.1, 0.15) is 13.8 Å². The molecule has 1 rings (SSSR count). The summed E-state index contributed by atoms with van der Waals surface area (Å²) in [6.45, 7) is 6.28. The first kappa shape index (κ1) is 13.9. The predicted molar refractivity (Wildman–Crippen MR) is 65.8 cm³/mol. The Morgan fingerprint density at radius 3 is 2.59 bits per heavy atom. The van der Waals surface area contributed by atoms with E-state index >= 15 is 0 Å². The van der Waals surface area contributed by atoms with Crippen LogP contribution in [-0.2, 0) is 4.74 Å². The SMILES string of the molecule is CCOCCN(C)c1nc(Cl)nc(OCC)n1. The summed E-state index contributed by atoms with van der Waals surface area (Å²) in [6.07, 6.45) is 0. The molecule has 0 aliphatic rings. The van der Waals surface area contributed by atoms with E-state index in [1.165, 1.54) is 0 Å². The monoisotopic (exact) mass is 260 g/mol. The molecule has 0 aliphatic heterocycles. The van der Waals surface area contributed by atoms with Gasteiger partial charge in [0.15, 0.2) is 0 Å². The van der Waals surface area contributed by atoms with Crippen LogP contribution in [0.3, 0.4) is 0 Å². The quantitative estimate of drug-likeness (QED) is 0.691. The van der Waals surface area contributed by atoms with Crippen LogP contribution in [0.15, 0.2) is 0 Å². The van der Waals surface area contributed by atoms with Gasteiger partial charge in [0.1, 0.15) is 0 Å². The molecule has 96 valence electrons. The molecule has 0 aromatic carbocycles. The highest BCUT2D eigenvalue weighted by Gasteiger charge is 2.09. The molecule has 0 saturated heterocycles. The average molecular weight is 261 g/mol. The number of ether oxygens (including phenoxy) is 2. The summed E-state index contributed by atoms with van der Waals surface area (Å²) in [4.78, 5) is 13.9. The van der Waals surface area contributed by atoms with Crippen LogP contribution >= 0.6 is 11.6 Å². The van der Waals surface area contributed by atoms with Gasteiger partial charge in [-0.05, 0) is 25.4 Å². The van der Waals surface area contributed by atoms with Crippen LogP contribution in [0.25, 0.3) is 0 Å². The van der Waals surface area contributed by atoms with Crippen molar-refractivity contribution in [2.75, 3.05) is 38.3 Å². The summed E-state index contributed by atoms with van der Waals surface area (Å²) in [5, 5.41) is 0.127. The van der Waals surface area contributed by atoms with Crippen molar-refractivity contribution < 1.29 is 9.47 Å². The Hall–Kier alpha value is -1.14. The second kappa shape index (κ2) is 7.24. The van der Waals surface area contributed by atoms with Gasteiger partial charge < -0.3 is 14.4 Å². The third kappa shape index (κ3) is 4.70. The first-order valence-electron chi connectivity index (χ1n) is 5.50. The van der Waals surface area contributed by atoms with Crippen molar-refractivity contribution in [1.29, 1.82) is 0 Å². The molecule has 0 amide bonds. The van der Waals surface area contributed by atoms with Gasteiger partial charge in [-0.3, -0.25) is 0 Å². The van der Waals surface area contributed by atoms with Crippen molar-refractivity contribution in [2.45, 2.75) is 13.8 Å². The first-order chi connectivity index (χ1) is 8.17. The Morgan fingerprint density at radius 1 is 1.18 bits per heavy atom. The van der Waals surface area contributed by atoms with Gasteiger partial charge in [0.05, 0.1) is 13.2 Å². The molecule has 7 heteroatoms. The molecule has 6 nitrogen and oxygen atoms in total. The zero-order valence-electron chi connectivity index (χ0n) is 10.3. The number of hydrogen-bond donors (Lipinski definition) is 0. The lowest BCUT2D eigenvalue weighted by molar-refractivity contribution is 0.154. The zero-order chi connectivity index (χ0) is 12.7. The first-order valence-corrected chi connectivity index (χ1v) is 5.88. The molecule has 1 aromatic heterocycles. The standard InChI is InChI=1S/C10H17ClN4O2/c1-4-16-7-6-15(3)9-12-8(11)13-10(14-9)17-5-2/h4-7H2,1-3H3. The molecule has 1 heterocycles. The maximum atomic E-state index is 5.79. The summed E-state index contributed by atoms with van der Waals surface area (Å²) in [5.74, 6) is 0.480. The summed E-state index contributed by atoms with van der Waals surface area (Å²) in [7, 11) is 1.86. The molecule has 0 bridgehead atoms. The van der Waals surface area contributed by atoms with Crippen molar-refractivity contribution in [1.82, 2.24) is 15.0 Å². The lowest BCUT2D eigenvalue weighted by Crippen LogP contribution is -2.25. The fourth-order valence-electron chi connectivity index (χ4n) is 1.13. The van der Waals surface area contributed by atoms with Gasteiger partial charge in [0.25, 0.3) is 0 Å². The number of nitrogens with zero attached hydrogens (tertiary/aromatic N) is 4. The number of halogens is 1. The number of hydrogen-bond acceptors (Lipinski definition) is 6. The summed E-state index contributed by atoms with van der Waals surface area (Å²) >= 11 is 5.79. The van der Waals surface area contributed by atoms with Crippen LogP contribution in [0.2, 0.25) is 5.28 Å². The Bertz CT molecular complexity index is 351. The van der Waals surface area contributed by atoms with Crippen LogP contribution in [0.4, 0.5) is 5.95 Å². The van der Waals surface area contributed by atoms with Gasteiger partial charge in [0, 0.05) is 20.2 Å². The maximum absolute atomic E-state index is 5.79. The van der Waals surface area contributed by atoms with Crippen LogP contribution < -0.4 is 9.64 Å². The third-order valence-electron chi connectivity index (χ3n) is 1.97. The summed E-state index contributed by atoms with van der Waals surface area (Å²) in [6, 6.07) is 0.241. The van der Waals surface area contributed by atoms with E-state index in [2.05, 4.69) is 15.0 Å². The molecule has 17 heavy (non-hydrogen) atoms. The Kier molecular flexibility index (Phi) is 5.93. The lowest BCUT2D eigenvalue weighted by atomic mass is 10.6. The Morgan fingerprint density at radius 2 is 1.94 bits per heavy atom. The molecule has 0 aliphatic carbocycles. The molecular weight excluding hydrogens is 244 g/mol. The van der Waals surface area contributed by atoms with Crippen LogP contribution in [0, 0.1) is 0 Å². The molecular formula is C10H17ClN4O2. The smallest absolute Gasteiger partial charge is 0.322 e. The molecule has 0 fully saturated rings. The third-order valence-corrected chi connectivity index (χ3v) is 2.13. The molecule has 0 N–H and O–H groups in total. The highest BCUT2D eigenvalue weighted by Crippen LogP contribution is 2.13. The van der Waals surface area contributed by atoms with Gasteiger partial charge in [-0.15, -0.1) is 0 Å². The fourth-order valence-corrected chi connectivity index (χ4v) is 1.28. The van der Waals surface area contributed by atoms with E-state index in [9.17, 15) is 0 Å². The molecule has 1 aromatic rings. The fraction of sp³-hybridized carbons (Fsp3) is 0.700. The van der Waals surface area contributed by atoms with Gasteiger partial charge >= 0.3 is 6.01 Å². The second-order valence-corrected chi connectivity index (χ2v) is 3.58. The number of likely N-dealkylation sites (N-methyl/N-ethyl adjacent to an activating group) is 1. The lowest BCUT2D eigenvalue weighted by Gasteiger charge is -2.16. The predicted octanol–water partition coefficient (Wildman–Crippen LogP) is 1.40. The van der Waals surface area contributed by atoms with E-state index in [-0.39, 0.29) is 11.3 Å². The van der Waals surface area contributed by atoms with E-state index < -0.39 is 0 Å². The minimum atomic E-state index is 0.127. The van der Waals surface area contributed by atoms with Crippen LogP contribution in [-0.4, -0.2) is 48.4 Å². The number of aromatic nitrogens is 3. The van der Waals surface area contributed by atoms with Crippen molar-refractivity contribution in [3.05, 3.63) is 5.28 Å². The molecule has 0 unspecified atom stereocenters. The maximum Gasteiger partial charge on any atom is 0.322 e.